The Morgan fingerprint density at radius 2 is 1.20 bits per heavy atom. The maximum absolute atomic E-state index is 10.5. The van der Waals surface area contributed by atoms with Crippen molar-refractivity contribution in [2.24, 2.45) is 5.92 Å². The molecule has 35 heavy (non-hydrogen) atoms. The molecule has 3 rings (SSSR count). The van der Waals surface area contributed by atoms with Crippen LogP contribution in [0.2, 0.25) is 0 Å². The number of aliphatic hydroxyl groups is 7. The van der Waals surface area contributed by atoms with Gasteiger partial charge in [-0.3, -0.25) is 0 Å². The van der Waals surface area contributed by atoms with E-state index in [2.05, 4.69) is 0 Å². The highest BCUT2D eigenvalue weighted by Crippen LogP contribution is 2.47. The van der Waals surface area contributed by atoms with Crippen molar-refractivity contribution in [3.05, 3.63) is 86.2 Å². The molecule has 0 heterocycles. The van der Waals surface area contributed by atoms with Gasteiger partial charge in [0.05, 0.1) is 39.6 Å². The third-order valence-corrected chi connectivity index (χ3v) is 7.29. The number of aliphatic hydroxyl groups excluding tert-OH is 7. The number of hydrogen-bond donors (Lipinski definition) is 8. The van der Waals surface area contributed by atoms with Gasteiger partial charge in [0.15, 0.2) is 0 Å². The Labute approximate surface area is 204 Å². The van der Waals surface area contributed by atoms with Crippen LogP contribution < -0.4 is 0 Å². The number of allylic oxidation sites excluding steroid dienone is 1. The van der Waals surface area contributed by atoms with Gasteiger partial charge in [0.1, 0.15) is 11.5 Å². The first-order valence-electron chi connectivity index (χ1n) is 11.5. The molecule has 190 valence electrons. The molecule has 2 aromatic carbocycles. The minimum atomic E-state index is -1.02. The Morgan fingerprint density at radius 1 is 0.743 bits per heavy atom. The zero-order chi connectivity index (χ0) is 25.9. The van der Waals surface area contributed by atoms with E-state index in [1.807, 2.05) is 19.1 Å². The van der Waals surface area contributed by atoms with E-state index in [9.17, 15) is 40.9 Å². The standard InChI is InChI=1S/C27H34O8/c1-15-16(9-28)3-22(4-17(15)10-29)27(2,23-5-18(11-30)25(34)19(6-23)12-31)24-7-20(13-32)26(35)21(8-24)14-33/h3-7,21,28-35H,8-14H2,1-2H3. The van der Waals surface area contributed by atoms with Gasteiger partial charge >= 0.3 is 0 Å². The molecule has 8 N–H and O–H groups in total. The van der Waals surface area contributed by atoms with E-state index in [1.54, 1.807) is 25.1 Å². The minimum absolute atomic E-state index is 0.0881. The lowest BCUT2D eigenvalue weighted by Gasteiger charge is -2.39. The molecule has 0 saturated heterocycles. The minimum Gasteiger partial charge on any atom is -0.512 e. The van der Waals surface area contributed by atoms with Crippen molar-refractivity contribution in [1.29, 1.82) is 0 Å². The maximum Gasteiger partial charge on any atom is 0.126 e. The second kappa shape index (κ2) is 10.9. The molecule has 2 unspecified atom stereocenters. The van der Waals surface area contributed by atoms with Crippen LogP contribution in [0.3, 0.4) is 0 Å². The second-order valence-electron chi connectivity index (χ2n) is 9.14. The van der Waals surface area contributed by atoms with Crippen LogP contribution in [0, 0.1) is 12.8 Å². The maximum atomic E-state index is 10.5. The smallest absolute Gasteiger partial charge is 0.126 e. The first-order valence-corrected chi connectivity index (χ1v) is 11.5. The monoisotopic (exact) mass is 486 g/mol. The second-order valence-corrected chi connectivity index (χ2v) is 9.14. The van der Waals surface area contributed by atoms with Crippen molar-refractivity contribution < 1.29 is 40.9 Å². The highest BCUT2D eigenvalue weighted by molar-refractivity contribution is 5.57. The van der Waals surface area contributed by atoms with Gasteiger partial charge in [-0.2, -0.15) is 0 Å². The molecule has 1 aliphatic rings. The first kappa shape index (κ1) is 26.9. The van der Waals surface area contributed by atoms with Crippen LogP contribution in [0.5, 0.6) is 5.75 Å². The van der Waals surface area contributed by atoms with Crippen molar-refractivity contribution in [3.63, 3.8) is 0 Å². The normalized spacial score (nSPS) is 17.9. The Morgan fingerprint density at radius 3 is 1.60 bits per heavy atom. The third-order valence-electron chi connectivity index (χ3n) is 7.29. The number of aromatic hydroxyl groups is 1. The lowest BCUT2D eigenvalue weighted by Crippen LogP contribution is -2.32. The van der Waals surface area contributed by atoms with E-state index in [-0.39, 0.29) is 54.5 Å². The predicted molar refractivity (Wildman–Crippen MR) is 129 cm³/mol. The van der Waals surface area contributed by atoms with Crippen molar-refractivity contribution in [2.45, 2.75) is 52.1 Å². The Bertz CT molecular complexity index is 1040. The van der Waals surface area contributed by atoms with Crippen LogP contribution >= 0.6 is 0 Å². The fourth-order valence-electron chi connectivity index (χ4n) is 4.88. The van der Waals surface area contributed by atoms with Gasteiger partial charge in [-0.1, -0.05) is 23.8 Å². The van der Waals surface area contributed by atoms with E-state index in [4.69, 9.17) is 0 Å². The summed E-state index contributed by atoms with van der Waals surface area (Å²) in [5.41, 5.74) is 3.63. The Kier molecular flexibility index (Phi) is 8.38. The molecular weight excluding hydrogens is 452 g/mol. The summed E-state index contributed by atoms with van der Waals surface area (Å²) in [7, 11) is 0. The lowest BCUT2D eigenvalue weighted by molar-refractivity contribution is 0.192. The van der Waals surface area contributed by atoms with Crippen LogP contribution in [-0.4, -0.2) is 54.1 Å². The average molecular weight is 487 g/mol. The molecule has 8 heteroatoms. The van der Waals surface area contributed by atoms with Crippen LogP contribution in [-0.2, 0) is 31.8 Å². The Balaban J connectivity index is 2.42. The number of benzene rings is 2. The Hall–Kier alpha value is -2.72. The van der Waals surface area contributed by atoms with Gasteiger partial charge in [0, 0.05) is 28.0 Å². The molecule has 0 amide bonds. The molecule has 0 aromatic heterocycles. The summed E-state index contributed by atoms with van der Waals surface area (Å²) in [5, 5.41) is 80.5. The first-order chi connectivity index (χ1) is 16.7. The highest BCUT2D eigenvalue weighted by Gasteiger charge is 2.39. The summed E-state index contributed by atoms with van der Waals surface area (Å²) in [6.45, 7) is 1.43. The fourth-order valence-corrected chi connectivity index (χ4v) is 4.88. The molecular formula is C27H34O8. The van der Waals surface area contributed by atoms with Crippen LogP contribution in [0.25, 0.3) is 0 Å². The summed E-state index contributed by atoms with van der Waals surface area (Å²) in [5.74, 6) is -0.949. The highest BCUT2D eigenvalue weighted by atomic mass is 16.3. The van der Waals surface area contributed by atoms with E-state index in [1.165, 1.54) is 0 Å². The molecule has 2 atom stereocenters. The number of rotatable bonds is 9. The summed E-state index contributed by atoms with van der Waals surface area (Å²) in [6.07, 6.45) is 1.91. The molecule has 0 saturated carbocycles. The van der Waals surface area contributed by atoms with E-state index in [0.717, 1.165) is 5.56 Å². The molecule has 0 bridgehead atoms. The van der Waals surface area contributed by atoms with Crippen molar-refractivity contribution in [1.82, 2.24) is 0 Å². The fraction of sp³-hybridized carbons (Fsp3) is 0.407. The quantitative estimate of drug-likeness (QED) is 0.266. The van der Waals surface area contributed by atoms with Gasteiger partial charge in [-0.15, -0.1) is 0 Å². The largest absolute Gasteiger partial charge is 0.512 e. The summed E-state index contributed by atoms with van der Waals surface area (Å²) in [6, 6.07) is 6.86. The SMILES string of the molecule is Cc1c(CO)cc(C(C)(C2=CC(CO)=C(O)C(CO)C2)c2cc(CO)c(O)c(CO)c2)cc1CO. The van der Waals surface area contributed by atoms with Gasteiger partial charge in [0.25, 0.3) is 0 Å². The van der Waals surface area contributed by atoms with Crippen LogP contribution in [0.15, 0.2) is 47.2 Å². The molecule has 2 aromatic rings. The average Bonchev–Trinajstić information content (AvgIpc) is 2.88. The summed E-state index contributed by atoms with van der Waals surface area (Å²) in [4.78, 5) is 0. The van der Waals surface area contributed by atoms with Gasteiger partial charge in [-0.25, -0.2) is 0 Å². The molecule has 1 aliphatic carbocycles. The van der Waals surface area contributed by atoms with E-state index in [0.29, 0.717) is 27.8 Å². The molecule has 0 spiro atoms. The van der Waals surface area contributed by atoms with Crippen molar-refractivity contribution >= 4 is 0 Å². The molecule has 0 aliphatic heterocycles. The van der Waals surface area contributed by atoms with Gasteiger partial charge in [-0.05, 0) is 60.2 Å². The summed E-state index contributed by atoms with van der Waals surface area (Å²) < 4.78 is 0. The zero-order valence-electron chi connectivity index (χ0n) is 20.0. The zero-order valence-corrected chi connectivity index (χ0v) is 20.0. The molecule has 0 fully saturated rings. The van der Waals surface area contributed by atoms with Crippen LogP contribution in [0.1, 0.15) is 52.3 Å². The van der Waals surface area contributed by atoms with E-state index >= 15 is 0 Å². The van der Waals surface area contributed by atoms with Crippen LogP contribution in [0.4, 0.5) is 0 Å². The molecule has 8 nitrogen and oxygen atoms in total. The van der Waals surface area contributed by atoms with Crippen molar-refractivity contribution in [2.75, 3.05) is 13.2 Å². The molecule has 0 radical (unpaired) electrons. The summed E-state index contributed by atoms with van der Waals surface area (Å²) >= 11 is 0. The number of hydrogen-bond acceptors (Lipinski definition) is 8. The number of phenols is 1. The van der Waals surface area contributed by atoms with Gasteiger partial charge < -0.3 is 40.9 Å². The third kappa shape index (κ3) is 4.73. The van der Waals surface area contributed by atoms with E-state index < -0.39 is 31.2 Å². The topological polar surface area (TPSA) is 162 Å². The van der Waals surface area contributed by atoms with Gasteiger partial charge in [0.2, 0.25) is 0 Å². The van der Waals surface area contributed by atoms with Crippen molar-refractivity contribution in [3.8, 4) is 5.75 Å². The lowest BCUT2D eigenvalue weighted by atomic mass is 9.65. The predicted octanol–water partition coefficient (Wildman–Crippen LogP) is 1.72.